The van der Waals surface area contributed by atoms with Crippen LogP contribution >= 0.6 is 11.6 Å². The van der Waals surface area contributed by atoms with Gasteiger partial charge in [0.15, 0.2) is 5.69 Å². The smallest absolute Gasteiger partial charge is 0.275 e. The summed E-state index contributed by atoms with van der Waals surface area (Å²) in [6.45, 7) is 3.18. The minimum Gasteiger partial charge on any atom is -0.332 e. The summed E-state index contributed by atoms with van der Waals surface area (Å²) in [6, 6.07) is 6.66. The number of carbonyl (C=O) groups is 1. The molecule has 1 aromatic carbocycles. The van der Waals surface area contributed by atoms with Crippen molar-refractivity contribution in [2.45, 2.75) is 24.9 Å². The van der Waals surface area contributed by atoms with Crippen LogP contribution < -0.4 is 0 Å². The molecule has 3 aliphatic heterocycles. The number of likely N-dealkylation sites (tertiary alicyclic amines) is 1. The molecule has 0 radical (unpaired) electrons. The van der Waals surface area contributed by atoms with Crippen LogP contribution in [0.4, 0.5) is 0 Å². The summed E-state index contributed by atoms with van der Waals surface area (Å²) in [5.41, 5.74) is 1.79. The van der Waals surface area contributed by atoms with Crippen molar-refractivity contribution in [3.63, 3.8) is 0 Å². The Labute approximate surface area is 138 Å². The predicted octanol–water partition coefficient (Wildman–Crippen LogP) is 2.13. The van der Waals surface area contributed by atoms with Gasteiger partial charge in [0.2, 0.25) is 0 Å². The molecule has 23 heavy (non-hydrogen) atoms. The predicted molar refractivity (Wildman–Crippen MR) is 86.4 cm³/mol. The van der Waals surface area contributed by atoms with Crippen LogP contribution in [0.15, 0.2) is 18.2 Å². The van der Waals surface area contributed by atoms with Gasteiger partial charge in [0, 0.05) is 35.0 Å². The SMILES string of the molecule is O=C(c1n[nH]c2ccc(Cl)cc12)N1C[C@@H]2CC3N4CC[C@@]32[C@@H]1C4. The summed E-state index contributed by atoms with van der Waals surface area (Å²) in [7, 11) is 0. The van der Waals surface area contributed by atoms with Crippen LogP contribution in [-0.4, -0.2) is 57.6 Å². The molecule has 3 saturated heterocycles. The third-order valence-electron chi connectivity index (χ3n) is 6.97. The van der Waals surface area contributed by atoms with Gasteiger partial charge in [-0.15, -0.1) is 0 Å². The van der Waals surface area contributed by atoms with Crippen molar-refractivity contribution in [1.82, 2.24) is 20.0 Å². The first-order valence-electron chi connectivity index (χ1n) is 8.37. The average Bonchev–Trinajstić information content (AvgIpc) is 3.18. The Morgan fingerprint density at radius 3 is 3.13 bits per heavy atom. The maximum atomic E-state index is 13.2. The van der Waals surface area contributed by atoms with Gasteiger partial charge in [0.05, 0.1) is 11.6 Å². The van der Waals surface area contributed by atoms with Gasteiger partial charge in [0.1, 0.15) is 0 Å². The minimum absolute atomic E-state index is 0.0693. The molecule has 1 amide bonds. The summed E-state index contributed by atoms with van der Waals surface area (Å²) in [4.78, 5) is 17.9. The molecular weight excluding hydrogens is 312 g/mol. The van der Waals surface area contributed by atoms with Crippen LogP contribution in [0.3, 0.4) is 0 Å². The number of benzene rings is 1. The molecule has 1 aliphatic carbocycles. The molecule has 1 N–H and O–H groups in total. The zero-order valence-corrected chi connectivity index (χ0v) is 13.4. The normalized spacial score (nSPS) is 39.8. The Bertz CT molecular complexity index is 863. The number of rotatable bonds is 1. The summed E-state index contributed by atoms with van der Waals surface area (Å²) in [5, 5.41) is 8.74. The quantitative estimate of drug-likeness (QED) is 0.872. The number of nitrogens with zero attached hydrogens (tertiary/aromatic N) is 3. The number of nitrogens with one attached hydrogen (secondary N) is 1. The number of amides is 1. The maximum absolute atomic E-state index is 13.2. The van der Waals surface area contributed by atoms with Crippen LogP contribution in [0.5, 0.6) is 0 Å². The number of aromatic amines is 1. The van der Waals surface area contributed by atoms with E-state index >= 15 is 0 Å². The van der Waals surface area contributed by atoms with E-state index in [1.165, 1.54) is 19.4 Å². The number of aromatic nitrogens is 2. The number of fused-ring (bicyclic) bond motifs is 1. The number of H-pyrrole nitrogens is 1. The summed E-state index contributed by atoms with van der Waals surface area (Å²) >= 11 is 6.11. The lowest BCUT2D eigenvalue weighted by Crippen LogP contribution is -2.51. The minimum atomic E-state index is 0.0693. The summed E-state index contributed by atoms with van der Waals surface area (Å²) < 4.78 is 0. The van der Waals surface area contributed by atoms with Crippen molar-refractivity contribution in [1.29, 1.82) is 0 Å². The first-order valence-corrected chi connectivity index (χ1v) is 8.75. The van der Waals surface area contributed by atoms with E-state index in [1.54, 1.807) is 0 Å². The molecule has 2 unspecified atom stereocenters. The Hall–Kier alpha value is -1.59. The Kier molecular flexibility index (Phi) is 2.17. The molecule has 1 spiro atoms. The molecule has 2 bridgehead atoms. The van der Waals surface area contributed by atoms with Gasteiger partial charge < -0.3 is 4.90 Å². The molecule has 5 atom stereocenters. The number of hydrogen-bond acceptors (Lipinski definition) is 3. The van der Waals surface area contributed by atoms with E-state index in [9.17, 15) is 4.79 Å². The van der Waals surface area contributed by atoms with Gasteiger partial charge in [-0.25, -0.2) is 0 Å². The first kappa shape index (κ1) is 12.8. The van der Waals surface area contributed by atoms with Crippen molar-refractivity contribution in [2.75, 3.05) is 19.6 Å². The zero-order valence-electron chi connectivity index (χ0n) is 12.6. The fourth-order valence-corrected chi connectivity index (χ4v) is 6.12. The maximum Gasteiger partial charge on any atom is 0.275 e. The number of carbonyl (C=O) groups excluding carboxylic acids is 1. The van der Waals surface area contributed by atoms with E-state index in [2.05, 4.69) is 20.0 Å². The van der Waals surface area contributed by atoms with E-state index in [4.69, 9.17) is 11.6 Å². The van der Waals surface area contributed by atoms with Gasteiger partial charge in [0.25, 0.3) is 5.91 Å². The largest absolute Gasteiger partial charge is 0.332 e. The molecule has 118 valence electrons. The molecule has 6 rings (SSSR count). The highest BCUT2D eigenvalue weighted by atomic mass is 35.5. The fourth-order valence-electron chi connectivity index (χ4n) is 5.95. The summed E-state index contributed by atoms with van der Waals surface area (Å²) in [5.74, 6) is 0.766. The van der Waals surface area contributed by atoms with Gasteiger partial charge in [-0.3, -0.25) is 14.8 Å². The Balaban J connectivity index is 1.42. The van der Waals surface area contributed by atoms with Crippen LogP contribution in [0.25, 0.3) is 10.9 Å². The average molecular weight is 329 g/mol. The van der Waals surface area contributed by atoms with Crippen LogP contribution in [0.1, 0.15) is 23.3 Å². The van der Waals surface area contributed by atoms with Crippen LogP contribution in [-0.2, 0) is 0 Å². The fraction of sp³-hybridized carbons (Fsp3) is 0.529. The highest BCUT2D eigenvalue weighted by Gasteiger charge is 2.73. The van der Waals surface area contributed by atoms with Gasteiger partial charge in [-0.2, -0.15) is 5.10 Å². The second kappa shape index (κ2) is 3.90. The van der Waals surface area contributed by atoms with Gasteiger partial charge in [-0.05, 0) is 43.5 Å². The van der Waals surface area contributed by atoms with Crippen molar-refractivity contribution < 1.29 is 4.79 Å². The van der Waals surface area contributed by atoms with Crippen molar-refractivity contribution in [3.05, 3.63) is 28.9 Å². The lowest BCUT2D eigenvalue weighted by Gasteiger charge is -2.46. The van der Waals surface area contributed by atoms with Crippen molar-refractivity contribution >= 4 is 28.4 Å². The van der Waals surface area contributed by atoms with Gasteiger partial charge >= 0.3 is 0 Å². The van der Waals surface area contributed by atoms with Crippen molar-refractivity contribution in [2.24, 2.45) is 11.3 Å². The number of piperidine rings is 1. The molecule has 5 nitrogen and oxygen atoms in total. The molecule has 1 saturated carbocycles. The Morgan fingerprint density at radius 2 is 2.26 bits per heavy atom. The van der Waals surface area contributed by atoms with Crippen LogP contribution in [0.2, 0.25) is 5.02 Å². The lowest BCUT2D eigenvalue weighted by atomic mass is 9.57. The summed E-state index contributed by atoms with van der Waals surface area (Å²) in [6.07, 6.45) is 2.54. The van der Waals surface area contributed by atoms with E-state index in [-0.39, 0.29) is 5.91 Å². The Morgan fingerprint density at radius 1 is 1.35 bits per heavy atom. The van der Waals surface area contributed by atoms with Gasteiger partial charge in [-0.1, -0.05) is 11.6 Å². The van der Waals surface area contributed by atoms with E-state index in [0.717, 1.165) is 30.0 Å². The topological polar surface area (TPSA) is 52.2 Å². The molecule has 6 heteroatoms. The van der Waals surface area contributed by atoms with Crippen molar-refractivity contribution in [3.8, 4) is 0 Å². The monoisotopic (exact) mass is 328 g/mol. The molecule has 4 aliphatic rings. The number of hydrogen-bond donors (Lipinski definition) is 1. The van der Waals surface area contributed by atoms with E-state index in [0.29, 0.717) is 28.1 Å². The molecule has 4 heterocycles. The standard InChI is InChI=1S/C17H17ClN4O/c18-10-1-2-12-11(6-10)15(20-19-12)16(23)22-7-9-5-13-17(9)3-4-21(13)8-14(17)22/h1-2,6,9,13-14H,3-5,7-8H2,(H,19,20)/t9-,13?,14-,17-/m0/s1. The molecule has 4 fully saturated rings. The third kappa shape index (κ3) is 1.32. The third-order valence-corrected chi connectivity index (χ3v) is 7.21. The molecular formula is C17H17ClN4O. The molecule has 2 aromatic rings. The lowest BCUT2D eigenvalue weighted by molar-refractivity contribution is 0.0484. The van der Waals surface area contributed by atoms with Crippen LogP contribution in [0, 0.1) is 11.3 Å². The highest BCUT2D eigenvalue weighted by molar-refractivity contribution is 6.31. The first-order chi connectivity index (χ1) is 11.2. The molecule has 1 aromatic heterocycles. The second-order valence-corrected chi connectivity index (χ2v) is 7.98. The second-order valence-electron chi connectivity index (χ2n) is 7.54. The highest BCUT2D eigenvalue weighted by Crippen LogP contribution is 2.67. The van der Waals surface area contributed by atoms with E-state index < -0.39 is 0 Å². The van der Waals surface area contributed by atoms with E-state index in [1.807, 2.05) is 18.2 Å². The number of halogens is 1. The zero-order chi connectivity index (χ0) is 15.3.